The molecule has 0 saturated heterocycles. The second-order valence-corrected chi connectivity index (χ2v) is 8.19. The average Bonchev–Trinajstić information content (AvgIpc) is 3.21. The zero-order valence-electron chi connectivity index (χ0n) is 11.7. The SMILES string of the molecule is O=S(=O)(c1ccc(N(Cc2cccs2)C2CC2)cc1)C(F)F. The van der Waals surface area contributed by atoms with Gasteiger partial charge in [-0.15, -0.1) is 11.3 Å². The molecule has 1 aromatic heterocycles. The van der Waals surface area contributed by atoms with Crippen molar-refractivity contribution >= 4 is 26.9 Å². The number of hydrogen-bond donors (Lipinski definition) is 0. The standard InChI is InChI=1S/C15H15F2NO2S2/c16-15(17)22(19,20)14-7-5-12(6-8-14)18(11-3-4-11)10-13-2-1-9-21-13/h1-2,5-9,11,15H,3-4,10H2. The molecule has 0 spiro atoms. The summed E-state index contributed by atoms with van der Waals surface area (Å²) in [6, 6.07) is 10.2. The molecule has 1 heterocycles. The second kappa shape index (κ2) is 5.96. The Balaban J connectivity index is 1.84. The van der Waals surface area contributed by atoms with Gasteiger partial charge < -0.3 is 4.90 Å². The van der Waals surface area contributed by atoms with E-state index >= 15 is 0 Å². The average molecular weight is 343 g/mol. The molecule has 1 aromatic carbocycles. The molecular formula is C15H15F2NO2S2. The monoisotopic (exact) mass is 343 g/mol. The number of alkyl halides is 2. The van der Waals surface area contributed by atoms with Crippen molar-refractivity contribution in [2.24, 2.45) is 0 Å². The summed E-state index contributed by atoms with van der Waals surface area (Å²) < 4.78 is 48.0. The fourth-order valence-electron chi connectivity index (χ4n) is 2.32. The van der Waals surface area contributed by atoms with Crippen LogP contribution in [0.5, 0.6) is 0 Å². The zero-order valence-corrected chi connectivity index (χ0v) is 13.3. The Morgan fingerprint density at radius 2 is 1.86 bits per heavy atom. The van der Waals surface area contributed by atoms with Crippen LogP contribution in [-0.2, 0) is 16.4 Å². The number of nitrogens with zero attached hydrogens (tertiary/aromatic N) is 1. The fraction of sp³-hybridized carbons (Fsp3) is 0.333. The number of anilines is 1. The van der Waals surface area contributed by atoms with Crippen molar-refractivity contribution in [2.75, 3.05) is 4.90 Å². The molecule has 118 valence electrons. The minimum absolute atomic E-state index is 0.335. The van der Waals surface area contributed by atoms with E-state index in [1.54, 1.807) is 23.5 Å². The van der Waals surface area contributed by atoms with Gasteiger partial charge in [-0.1, -0.05) is 6.07 Å². The lowest BCUT2D eigenvalue weighted by Crippen LogP contribution is -2.24. The van der Waals surface area contributed by atoms with Crippen LogP contribution < -0.4 is 4.90 Å². The van der Waals surface area contributed by atoms with Crippen molar-refractivity contribution < 1.29 is 17.2 Å². The van der Waals surface area contributed by atoms with Crippen LogP contribution in [0, 0.1) is 0 Å². The molecule has 1 fully saturated rings. The maximum Gasteiger partial charge on any atom is 0.341 e. The summed E-state index contributed by atoms with van der Waals surface area (Å²) in [6.45, 7) is 0.753. The third-order valence-electron chi connectivity index (χ3n) is 3.63. The Kier molecular flexibility index (Phi) is 4.18. The number of hydrogen-bond acceptors (Lipinski definition) is 4. The lowest BCUT2D eigenvalue weighted by atomic mass is 10.2. The first-order valence-corrected chi connectivity index (χ1v) is 9.32. The number of sulfone groups is 1. The maximum absolute atomic E-state index is 12.6. The third-order valence-corrected chi connectivity index (χ3v) is 5.88. The molecule has 0 N–H and O–H groups in total. The molecule has 0 atom stereocenters. The number of benzene rings is 1. The van der Waals surface area contributed by atoms with E-state index in [0.29, 0.717) is 6.04 Å². The van der Waals surface area contributed by atoms with E-state index in [1.807, 2.05) is 11.4 Å². The minimum atomic E-state index is -4.52. The summed E-state index contributed by atoms with van der Waals surface area (Å²) >= 11 is 1.67. The second-order valence-electron chi connectivity index (χ2n) is 5.24. The molecule has 0 bridgehead atoms. The molecule has 22 heavy (non-hydrogen) atoms. The number of thiophene rings is 1. The highest BCUT2D eigenvalue weighted by atomic mass is 32.2. The van der Waals surface area contributed by atoms with E-state index in [0.717, 1.165) is 25.1 Å². The van der Waals surface area contributed by atoms with Crippen LogP contribution in [0.4, 0.5) is 14.5 Å². The molecule has 0 aliphatic heterocycles. The lowest BCUT2D eigenvalue weighted by Gasteiger charge is -2.24. The Morgan fingerprint density at radius 3 is 2.36 bits per heavy atom. The minimum Gasteiger partial charge on any atom is -0.363 e. The maximum atomic E-state index is 12.6. The Labute approximate surface area is 132 Å². The summed E-state index contributed by atoms with van der Waals surface area (Å²) in [5.74, 6) is -3.39. The van der Waals surface area contributed by atoms with Crippen LogP contribution in [0.3, 0.4) is 0 Å². The molecule has 7 heteroatoms. The summed E-state index contributed by atoms with van der Waals surface area (Å²) in [5.41, 5.74) is 0.865. The highest BCUT2D eigenvalue weighted by Gasteiger charge is 2.30. The summed E-state index contributed by atoms with van der Waals surface area (Å²) in [5, 5.41) is 2.01. The van der Waals surface area contributed by atoms with E-state index in [9.17, 15) is 17.2 Å². The summed E-state index contributed by atoms with van der Waals surface area (Å²) in [4.78, 5) is 3.08. The largest absolute Gasteiger partial charge is 0.363 e. The molecule has 1 aliphatic carbocycles. The van der Waals surface area contributed by atoms with Crippen molar-refractivity contribution in [3.05, 3.63) is 46.7 Å². The van der Waals surface area contributed by atoms with Gasteiger partial charge in [0.15, 0.2) is 0 Å². The molecule has 0 amide bonds. The van der Waals surface area contributed by atoms with E-state index < -0.39 is 15.6 Å². The Morgan fingerprint density at radius 1 is 1.18 bits per heavy atom. The van der Waals surface area contributed by atoms with Crippen molar-refractivity contribution in [3.63, 3.8) is 0 Å². The molecule has 3 nitrogen and oxygen atoms in total. The van der Waals surface area contributed by atoms with E-state index in [2.05, 4.69) is 11.0 Å². The number of halogens is 2. The zero-order chi connectivity index (χ0) is 15.7. The highest BCUT2D eigenvalue weighted by molar-refractivity contribution is 7.91. The van der Waals surface area contributed by atoms with Crippen LogP contribution >= 0.6 is 11.3 Å². The normalized spacial score (nSPS) is 15.2. The lowest BCUT2D eigenvalue weighted by molar-refractivity contribution is 0.234. The van der Waals surface area contributed by atoms with Gasteiger partial charge in [-0.2, -0.15) is 8.78 Å². The van der Waals surface area contributed by atoms with E-state index in [1.165, 1.54) is 17.0 Å². The van der Waals surface area contributed by atoms with Crippen molar-refractivity contribution in [1.29, 1.82) is 0 Å². The van der Waals surface area contributed by atoms with Gasteiger partial charge in [0.1, 0.15) is 0 Å². The molecule has 1 saturated carbocycles. The van der Waals surface area contributed by atoms with Gasteiger partial charge in [0, 0.05) is 16.6 Å². The van der Waals surface area contributed by atoms with Gasteiger partial charge in [-0.25, -0.2) is 8.42 Å². The molecule has 3 rings (SSSR count). The molecule has 1 aliphatic rings. The summed E-state index contributed by atoms with van der Waals surface area (Å²) in [7, 11) is -4.52. The molecular weight excluding hydrogens is 328 g/mol. The first-order valence-electron chi connectivity index (χ1n) is 6.89. The van der Waals surface area contributed by atoms with Crippen LogP contribution in [0.1, 0.15) is 17.7 Å². The third kappa shape index (κ3) is 3.15. The molecule has 0 unspecified atom stereocenters. The predicted molar refractivity (Wildman–Crippen MR) is 83.2 cm³/mol. The van der Waals surface area contributed by atoms with Crippen molar-refractivity contribution in [2.45, 2.75) is 36.1 Å². The van der Waals surface area contributed by atoms with Crippen molar-refractivity contribution in [1.82, 2.24) is 0 Å². The van der Waals surface area contributed by atoms with Crippen LogP contribution in [0.2, 0.25) is 0 Å². The van der Waals surface area contributed by atoms with Gasteiger partial charge >= 0.3 is 5.76 Å². The topological polar surface area (TPSA) is 37.4 Å². The Bertz CT molecular complexity index is 723. The summed E-state index contributed by atoms with van der Waals surface area (Å²) in [6.07, 6.45) is 2.20. The van der Waals surface area contributed by atoms with E-state index in [-0.39, 0.29) is 4.90 Å². The first-order chi connectivity index (χ1) is 10.5. The molecule has 2 aromatic rings. The van der Waals surface area contributed by atoms with E-state index in [4.69, 9.17) is 0 Å². The van der Waals surface area contributed by atoms with Gasteiger partial charge in [-0.3, -0.25) is 0 Å². The number of rotatable bonds is 6. The van der Waals surface area contributed by atoms with Crippen molar-refractivity contribution in [3.8, 4) is 0 Å². The predicted octanol–water partition coefficient (Wildman–Crippen LogP) is 3.91. The Hall–Kier alpha value is -1.47. The van der Waals surface area contributed by atoms with Crippen LogP contribution in [0.15, 0.2) is 46.7 Å². The van der Waals surface area contributed by atoms with Gasteiger partial charge in [-0.05, 0) is 48.6 Å². The first kappa shape index (κ1) is 15.4. The fourth-order valence-corrected chi connectivity index (χ4v) is 3.74. The highest BCUT2D eigenvalue weighted by Crippen LogP contribution is 2.34. The van der Waals surface area contributed by atoms with Crippen LogP contribution in [0.25, 0.3) is 0 Å². The molecule has 0 radical (unpaired) electrons. The van der Waals surface area contributed by atoms with Gasteiger partial charge in [0.05, 0.1) is 11.4 Å². The van der Waals surface area contributed by atoms with Gasteiger partial charge in [0.25, 0.3) is 0 Å². The van der Waals surface area contributed by atoms with Gasteiger partial charge in [0.2, 0.25) is 9.84 Å². The smallest absolute Gasteiger partial charge is 0.341 e. The van der Waals surface area contributed by atoms with Crippen LogP contribution in [-0.4, -0.2) is 20.2 Å². The quantitative estimate of drug-likeness (QED) is 0.798.